The highest BCUT2D eigenvalue weighted by Crippen LogP contribution is 2.36. The van der Waals surface area contributed by atoms with Crippen molar-refractivity contribution in [2.24, 2.45) is 7.05 Å². The molecule has 0 aliphatic rings. The molecule has 0 bridgehead atoms. The second kappa shape index (κ2) is 8.91. The van der Waals surface area contributed by atoms with Crippen LogP contribution in [0, 0.1) is 19.7 Å². The van der Waals surface area contributed by atoms with E-state index in [4.69, 9.17) is 4.74 Å². The zero-order valence-electron chi connectivity index (χ0n) is 20.2. The molecule has 0 amide bonds. The van der Waals surface area contributed by atoms with Crippen molar-refractivity contribution in [3.05, 3.63) is 71.6 Å². The molecule has 37 heavy (non-hydrogen) atoms. The summed E-state index contributed by atoms with van der Waals surface area (Å²) >= 11 is 0. The summed E-state index contributed by atoms with van der Waals surface area (Å²) in [4.78, 5) is 18.1. The van der Waals surface area contributed by atoms with Gasteiger partial charge in [0.1, 0.15) is 22.8 Å². The minimum Gasteiger partial charge on any atom is -0.497 e. The summed E-state index contributed by atoms with van der Waals surface area (Å²) in [6.07, 6.45) is -1.16. The monoisotopic (exact) mass is 508 g/mol. The van der Waals surface area contributed by atoms with Gasteiger partial charge in [-0.3, -0.25) is 4.68 Å². The Morgan fingerprint density at radius 3 is 2.24 bits per heavy atom. The molecule has 0 saturated carbocycles. The second-order valence-electron chi connectivity index (χ2n) is 8.51. The molecule has 0 saturated heterocycles. The maximum absolute atomic E-state index is 15.1. The van der Waals surface area contributed by atoms with Crippen molar-refractivity contribution in [2.75, 3.05) is 7.11 Å². The summed E-state index contributed by atoms with van der Waals surface area (Å²) in [7, 11) is 3.32. The van der Waals surface area contributed by atoms with Crippen LogP contribution in [0.4, 0.5) is 17.6 Å². The van der Waals surface area contributed by atoms with Gasteiger partial charge in [0.25, 0.3) is 0 Å². The average molecular weight is 508 g/mol. The molecule has 5 rings (SSSR count). The number of hydrogen-bond acceptors (Lipinski definition) is 6. The third-order valence-electron chi connectivity index (χ3n) is 5.93. The van der Waals surface area contributed by atoms with E-state index < -0.39 is 17.6 Å². The Morgan fingerprint density at radius 2 is 1.59 bits per heavy atom. The summed E-state index contributed by atoms with van der Waals surface area (Å²) in [5, 5.41) is 4.20. The number of nitrogens with zero attached hydrogens (tertiary/aromatic N) is 6. The van der Waals surface area contributed by atoms with Crippen LogP contribution in [0.2, 0.25) is 0 Å². The lowest BCUT2D eigenvalue weighted by Gasteiger charge is -2.13. The molecule has 3 aromatic heterocycles. The fourth-order valence-electron chi connectivity index (χ4n) is 3.90. The van der Waals surface area contributed by atoms with Gasteiger partial charge >= 0.3 is 6.18 Å². The molecule has 0 N–H and O–H groups in total. The van der Waals surface area contributed by atoms with Gasteiger partial charge < -0.3 is 4.74 Å². The first-order chi connectivity index (χ1) is 17.5. The Labute approximate surface area is 208 Å². The highest BCUT2D eigenvalue weighted by molar-refractivity contribution is 5.89. The summed E-state index contributed by atoms with van der Waals surface area (Å²) in [6.45, 7) is 3.48. The molecule has 0 unspecified atom stereocenters. The fraction of sp³-hybridized carbons (Fsp3) is 0.192. The predicted molar refractivity (Wildman–Crippen MR) is 129 cm³/mol. The zero-order valence-corrected chi connectivity index (χ0v) is 20.2. The van der Waals surface area contributed by atoms with E-state index in [0.29, 0.717) is 28.8 Å². The number of ether oxygens (including phenoxy) is 1. The topological polar surface area (TPSA) is 78.6 Å². The molecular weight excluding hydrogens is 488 g/mol. The van der Waals surface area contributed by atoms with Crippen molar-refractivity contribution < 1.29 is 22.3 Å². The van der Waals surface area contributed by atoms with E-state index in [2.05, 4.69) is 25.0 Å². The van der Waals surface area contributed by atoms with Gasteiger partial charge in [0.05, 0.1) is 30.3 Å². The van der Waals surface area contributed by atoms with E-state index in [1.54, 1.807) is 37.8 Å². The number of aryl methyl sites for hydroxylation is 3. The van der Waals surface area contributed by atoms with Crippen LogP contribution in [0.1, 0.15) is 17.0 Å². The van der Waals surface area contributed by atoms with E-state index in [1.165, 1.54) is 7.11 Å². The highest BCUT2D eigenvalue weighted by Gasteiger charge is 2.31. The maximum Gasteiger partial charge on any atom is 0.416 e. The molecule has 0 aliphatic carbocycles. The number of hydrogen-bond donors (Lipinski definition) is 0. The molecule has 7 nitrogen and oxygen atoms in total. The lowest BCUT2D eigenvalue weighted by atomic mass is 10.0. The SMILES string of the molecule is COc1cc(-c2cnn(C)c2)cc(-c2nc(-c3ccc(C(F)(F)F)cc3F)c3nc(C)c(C)nc3n2)c1. The van der Waals surface area contributed by atoms with Gasteiger partial charge in [0.2, 0.25) is 0 Å². The largest absolute Gasteiger partial charge is 0.497 e. The normalized spacial score (nSPS) is 11.8. The van der Waals surface area contributed by atoms with Crippen LogP contribution in [-0.2, 0) is 13.2 Å². The van der Waals surface area contributed by atoms with Gasteiger partial charge in [-0.1, -0.05) is 0 Å². The van der Waals surface area contributed by atoms with Gasteiger partial charge in [-0.25, -0.2) is 24.3 Å². The number of fused-ring (bicyclic) bond motifs is 1. The van der Waals surface area contributed by atoms with E-state index in [1.807, 2.05) is 18.3 Å². The first-order valence-corrected chi connectivity index (χ1v) is 11.1. The molecule has 3 heterocycles. The van der Waals surface area contributed by atoms with Crippen LogP contribution < -0.4 is 4.74 Å². The minimum absolute atomic E-state index is 0.0348. The number of halogens is 4. The minimum atomic E-state index is -4.69. The Hall–Kier alpha value is -4.41. The molecular formula is C26H20F4N6O. The van der Waals surface area contributed by atoms with Crippen molar-refractivity contribution in [1.82, 2.24) is 29.7 Å². The van der Waals surface area contributed by atoms with Crippen molar-refractivity contribution in [3.63, 3.8) is 0 Å². The van der Waals surface area contributed by atoms with Crippen LogP contribution in [0.15, 0.2) is 48.8 Å². The van der Waals surface area contributed by atoms with Gasteiger partial charge in [-0.15, -0.1) is 0 Å². The Bertz CT molecular complexity index is 1660. The molecule has 0 aliphatic heterocycles. The van der Waals surface area contributed by atoms with Crippen LogP contribution in [0.25, 0.3) is 44.9 Å². The second-order valence-corrected chi connectivity index (χ2v) is 8.51. The predicted octanol–water partition coefficient (Wildman–Crippen LogP) is 5.94. The number of aromatic nitrogens is 6. The fourth-order valence-corrected chi connectivity index (χ4v) is 3.90. The van der Waals surface area contributed by atoms with Crippen LogP contribution in [-0.4, -0.2) is 36.8 Å². The standard InChI is InChI=1S/C26H20F4N6O/c1-13-14(2)33-25-23(32-13)22(20-6-5-18(10-21(20)27)26(28,29)30)34-24(35-25)16-7-15(8-19(9-16)37-4)17-11-31-36(3)12-17/h5-12H,1-4H3. The van der Waals surface area contributed by atoms with Gasteiger partial charge in [-0.2, -0.15) is 18.3 Å². The lowest BCUT2D eigenvalue weighted by molar-refractivity contribution is -0.137. The molecule has 0 atom stereocenters. The number of benzene rings is 2. The lowest BCUT2D eigenvalue weighted by Crippen LogP contribution is -2.07. The van der Waals surface area contributed by atoms with Crippen LogP contribution in [0.3, 0.4) is 0 Å². The van der Waals surface area contributed by atoms with Gasteiger partial charge in [0.15, 0.2) is 11.5 Å². The molecule has 2 aromatic carbocycles. The third kappa shape index (κ3) is 4.59. The third-order valence-corrected chi connectivity index (χ3v) is 5.93. The number of rotatable bonds is 4. The molecule has 0 fully saturated rings. The van der Waals surface area contributed by atoms with Crippen LogP contribution in [0.5, 0.6) is 5.75 Å². The van der Waals surface area contributed by atoms with E-state index >= 15 is 4.39 Å². The van der Waals surface area contributed by atoms with E-state index in [0.717, 1.165) is 23.3 Å². The smallest absolute Gasteiger partial charge is 0.416 e. The van der Waals surface area contributed by atoms with Crippen molar-refractivity contribution in [3.8, 4) is 39.5 Å². The first kappa shape index (κ1) is 24.3. The Kier molecular flexibility index (Phi) is 5.85. The zero-order chi connectivity index (χ0) is 26.5. The van der Waals surface area contributed by atoms with Crippen molar-refractivity contribution in [1.29, 1.82) is 0 Å². The molecule has 0 radical (unpaired) electrons. The maximum atomic E-state index is 15.1. The van der Waals surface area contributed by atoms with Crippen molar-refractivity contribution in [2.45, 2.75) is 20.0 Å². The Morgan fingerprint density at radius 1 is 0.865 bits per heavy atom. The summed E-state index contributed by atoms with van der Waals surface area (Å²) in [5.74, 6) is -0.376. The van der Waals surface area contributed by atoms with E-state index in [9.17, 15) is 13.2 Å². The molecule has 11 heteroatoms. The molecule has 188 valence electrons. The number of methoxy groups -OCH3 is 1. The molecule has 0 spiro atoms. The summed E-state index contributed by atoms with van der Waals surface area (Å²) in [6, 6.07) is 7.67. The van der Waals surface area contributed by atoms with Gasteiger partial charge in [0, 0.05) is 29.9 Å². The highest BCUT2D eigenvalue weighted by atomic mass is 19.4. The van der Waals surface area contributed by atoms with Crippen LogP contribution >= 0.6 is 0 Å². The quantitative estimate of drug-likeness (QED) is 0.280. The summed E-state index contributed by atoms with van der Waals surface area (Å²) in [5.41, 5.74) is 2.47. The first-order valence-electron chi connectivity index (χ1n) is 11.1. The van der Waals surface area contributed by atoms with Crippen molar-refractivity contribution >= 4 is 11.2 Å². The van der Waals surface area contributed by atoms with E-state index in [-0.39, 0.29) is 28.2 Å². The average Bonchev–Trinajstić information content (AvgIpc) is 3.29. The van der Waals surface area contributed by atoms with Gasteiger partial charge in [-0.05, 0) is 55.8 Å². The Balaban J connectivity index is 1.76. The summed E-state index contributed by atoms with van der Waals surface area (Å²) < 4.78 is 61.7. The molecule has 5 aromatic rings. The number of alkyl halides is 3.